The minimum Gasteiger partial charge on any atom is -0.385 e. The SMILES string of the molecule is CC1CC2CC(C1)CC(C)(c1ccc(Nc3ccc(NC4CCCC4C=O)cc3)c(Cl)c1)C2.CCOC. The van der Waals surface area contributed by atoms with Crippen LogP contribution in [0.3, 0.4) is 0 Å². The van der Waals surface area contributed by atoms with Crippen LogP contribution in [-0.2, 0) is 14.9 Å². The monoisotopic (exact) mass is 524 g/mol. The number of hydrogen-bond donors (Lipinski definition) is 2. The molecule has 4 unspecified atom stereocenters. The van der Waals surface area contributed by atoms with E-state index in [0.717, 1.165) is 72.0 Å². The normalized spacial score (nSPS) is 30.7. The molecule has 0 aromatic heterocycles. The van der Waals surface area contributed by atoms with E-state index in [4.69, 9.17) is 11.6 Å². The molecule has 0 saturated heterocycles. The Morgan fingerprint density at radius 1 is 1.03 bits per heavy atom. The lowest BCUT2D eigenvalue weighted by molar-refractivity contribution is -0.111. The molecule has 0 amide bonds. The van der Waals surface area contributed by atoms with Crippen molar-refractivity contribution in [2.75, 3.05) is 24.4 Å². The van der Waals surface area contributed by atoms with Gasteiger partial charge in [0, 0.05) is 37.1 Å². The summed E-state index contributed by atoms with van der Waals surface area (Å²) in [5.41, 5.74) is 4.66. The zero-order valence-corrected chi connectivity index (χ0v) is 23.8. The van der Waals surface area contributed by atoms with Gasteiger partial charge in [0.25, 0.3) is 0 Å². The summed E-state index contributed by atoms with van der Waals surface area (Å²) in [7, 11) is 1.68. The third-order valence-corrected chi connectivity index (χ3v) is 9.14. The number of methoxy groups -OCH3 is 1. The van der Waals surface area contributed by atoms with Gasteiger partial charge in [-0.2, -0.15) is 0 Å². The minimum absolute atomic E-state index is 0.133. The van der Waals surface area contributed by atoms with Gasteiger partial charge in [-0.05, 0) is 117 Å². The third-order valence-electron chi connectivity index (χ3n) is 8.83. The molecule has 2 aromatic rings. The van der Waals surface area contributed by atoms with Crippen LogP contribution in [0.15, 0.2) is 42.5 Å². The predicted molar refractivity (Wildman–Crippen MR) is 156 cm³/mol. The molecule has 0 radical (unpaired) electrons. The molecule has 3 aliphatic carbocycles. The number of benzene rings is 2. The fourth-order valence-corrected chi connectivity index (χ4v) is 7.39. The van der Waals surface area contributed by atoms with E-state index in [1.54, 1.807) is 7.11 Å². The van der Waals surface area contributed by atoms with Crippen molar-refractivity contribution in [3.8, 4) is 0 Å². The van der Waals surface area contributed by atoms with Crippen LogP contribution in [0.25, 0.3) is 0 Å². The molecule has 0 heterocycles. The van der Waals surface area contributed by atoms with E-state index in [9.17, 15) is 4.79 Å². The van der Waals surface area contributed by atoms with Gasteiger partial charge in [-0.1, -0.05) is 37.9 Å². The van der Waals surface area contributed by atoms with Crippen LogP contribution < -0.4 is 10.6 Å². The van der Waals surface area contributed by atoms with Crippen LogP contribution in [0.4, 0.5) is 17.1 Å². The predicted octanol–water partition coefficient (Wildman–Crippen LogP) is 8.62. The Labute approximate surface area is 228 Å². The number of ether oxygens (including phenoxy) is 1. The zero-order valence-electron chi connectivity index (χ0n) is 23.1. The first kappa shape index (κ1) is 28.0. The molecule has 0 spiro atoms. The quantitative estimate of drug-likeness (QED) is 0.356. The van der Waals surface area contributed by atoms with Crippen LogP contribution in [0, 0.1) is 23.7 Å². The third kappa shape index (κ3) is 7.09. The molecule has 5 heteroatoms. The molecular weight excluding hydrogens is 480 g/mol. The topological polar surface area (TPSA) is 50.4 Å². The van der Waals surface area contributed by atoms with Gasteiger partial charge in [-0.15, -0.1) is 0 Å². The number of halogens is 1. The van der Waals surface area contributed by atoms with Crippen molar-refractivity contribution >= 4 is 34.9 Å². The molecule has 4 nitrogen and oxygen atoms in total. The largest absolute Gasteiger partial charge is 0.385 e. The van der Waals surface area contributed by atoms with E-state index >= 15 is 0 Å². The van der Waals surface area contributed by atoms with Crippen molar-refractivity contribution in [2.45, 2.75) is 83.6 Å². The Hall–Kier alpha value is -2.04. The molecule has 202 valence electrons. The Bertz CT molecular complexity index is 1000. The highest BCUT2D eigenvalue weighted by Gasteiger charge is 2.41. The standard InChI is InChI=1S/C29H37ClN2O.C3H8O/c1-19-12-20-14-21(13-19)17-29(2,16-20)23-6-11-28(26(30)15-23)32-25-9-7-24(8-10-25)31-27-5-3-4-22(27)18-33;1-3-4-2/h6-11,15,18-22,27,31-32H,3-5,12-14,16-17H2,1-2H3;3H2,1-2H3. The first-order chi connectivity index (χ1) is 17.8. The molecule has 4 atom stereocenters. The van der Waals surface area contributed by atoms with Crippen molar-refractivity contribution in [1.29, 1.82) is 0 Å². The smallest absolute Gasteiger partial charge is 0.125 e. The number of fused-ring (bicyclic) bond motifs is 2. The van der Waals surface area contributed by atoms with E-state index in [1.165, 1.54) is 37.7 Å². The summed E-state index contributed by atoms with van der Waals surface area (Å²) in [4.78, 5) is 11.2. The Morgan fingerprint density at radius 2 is 1.68 bits per heavy atom. The summed E-state index contributed by atoms with van der Waals surface area (Å²) in [6, 6.07) is 15.2. The summed E-state index contributed by atoms with van der Waals surface area (Å²) < 4.78 is 4.54. The number of hydrogen-bond acceptors (Lipinski definition) is 4. The van der Waals surface area contributed by atoms with Crippen LogP contribution in [-0.4, -0.2) is 26.0 Å². The molecule has 5 rings (SSSR count). The second kappa shape index (κ2) is 12.7. The molecule has 2 aromatic carbocycles. The van der Waals surface area contributed by atoms with E-state index in [-0.39, 0.29) is 17.4 Å². The lowest BCUT2D eigenvalue weighted by atomic mass is 9.57. The molecule has 2 bridgehead atoms. The Kier molecular flexibility index (Phi) is 9.58. The maximum Gasteiger partial charge on any atom is 0.125 e. The van der Waals surface area contributed by atoms with Crippen LogP contribution in [0.2, 0.25) is 5.02 Å². The van der Waals surface area contributed by atoms with Gasteiger partial charge in [-0.25, -0.2) is 0 Å². The molecule has 37 heavy (non-hydrogen) atoms. The number of carbonyl (C=O) groups is 1. The van der Waals surface area contributed by atoms with Crippen molar-refractivity contribution in [2.24, 2.45) is 23.7 Å². The molecule has 0 aliphatic heterocycles. The number of anilines is 3. The van der Waals surface area contributed by atoms with Gasteiger partial charge in [0.2, 0.25) is 0 Å². The highest BCUT2D eigenvalue weighted by atomic mass is 35.5. The van der Waals surface area contributed by atoms with Crippen LogP contribution in [0.5, 0.6) is 0 Å². The highest BCUT2D eigenvalue weighted by molar-refractivity contribution is 6.33. The van der Waals surface area contributed by atoms with Crippen LogP contribution in [0.1, 0.15) is 77.7 Å². The molecule has 3 saturated carbocycles. The second-order valence-corrected chi connectivity index (χ2v) is 12.4. The Morgan fingerprint density at radius 3 is 2.27 bits per heavy atom. The van der Waals surface area contributed by atoms with Crippen molar-refractivity contribution in [1.82, 2.24) is 0 Å². The van der Waals surface area contributed by atoms with E-state index in [0.29, 0.717) is 0 Å². The summed E-state index contributed by atoms with van der Waals surface area (Å²) in [5.74, 6) is 2.76. The number of aldehydes is 1. The zero-order chi connectivity index (χ0) is 26.4. The van der Waals surface area contributed by atoms with E-state index in [1.807, 2.05) is 6.92 Å². The first-order valence-electron chi connectivity index (χ1n) is 14.2. The fourth-order valence-electron chi connectivity index (χ4n) is 7.17. The van der Waals surface area contributed by atoms with Gasteiger partial charge in [0.05, 0.1) is 10.7 Å². The highest BCUT2D eigenvalue weighted by Crippen LogP contribution is 2.51. The van der Waals surface area contributed by atoms with Gasteiger partial charge in [0.1, 0.15) is 6.29 Å². The van der Waals surface area contributed by atoms with Crippen molar-refractivity contribution < 1.29 is 9.53 Å². The van der Waals surface area contributed by atoms with Gasteiger partial charge in [-0.3, -0.25) is 0 Å². The molecule has 3 fully saturated rings. The van der Waals surface area contributed by atoms with Gasteiger partial charge in [0.15, 0.2) is 0 Å². The van der Waals surface area contributed by atoms with Crippen molar-refractivity contribution in [3.63, 3.8) is 0 Å². The van der Waals surface area contributed by atoms with Crippen molar-refractivity contribution in [3.05, 3.63) is 53.1 Å². The Balaban J connectivity index is 0.000000747. The number of carbonyl (C=O) groups excluding carboxylic acids is 1. The lowest BCUT2D eigenvalue weighted by Crippen LogP contribution is -2.38. The van der Waals surface area contributed by atoms with Crippen LogP contribution >= 0.6 is 11.6 Å². The summed E-state index contributed by atoms with van der Waals surface area (Å²) >= 11 is 6.77. The maximum atomic E-state index is 11.2. The lowest BCUT2D eigenvalue weighted by Gasteiger charge is -2.47. The number of rotatable bonds is 7. The van der Waals surface area contributed by atoms with E-state index < -0.39 is 0 Å². The van der Waals surface area contributed by atoms with E-state index in [2.05, 4.69) is 71.7 Å². The van der Waals surface area contributed by atoms with Gasteiger partial charge < -0.3 is 20.2 Å². The number of nitrogens with one attached hydrogen (secondary N) is 2. The molecule has 2 N–H and O–H groups in total. The summed E-state index contributed by atoms with van der Waals surface area (Å²) in [6.45, 7) is 7.66. The average molecular weight is 525 g/mol. The first-order valence-corrected chi connectivity index (χ1v) is 14.6. The molecule has 3 aliphatic rings. The summed E-state index contributed by atoms with van der Waals surface area (Å²) in [6.07, 6.45) is 11.1. The second-order valence-electron chi connectivity index (χ2n) is 12.0. The average Bonchev–Trinajstić information content (AvgIpc) is 3.32. The summed E-state index contributed by atoms with van der Waals surface area (Å²) in [5, 5.41) is 7.80. The van der Waals surface area contributed by atoms with Gasteiger partial charge >= 0.3 is 0 Å². The minimum atomic E-state index is 0.133. The maximum absolute atomic E-state index is 11.2. The molecular formula is C32H45ClN2O2. The fraction of sp³-hybridized carbons (Fsp3) is 0.594.